The second-order valence-corrected chi connectivity index (χ2v) is 5.05. The van der Waals surface area contributed by atoms with Crippen LogP contribution in [0.1, 0.15) is 31.4 Å². The number of aliphatic hydroxyl groups excluding tert-OH is 1. The topological polar surface area (TPSA) is 41.5 Å². The third-order valence-electron chi connectivity index (χ3n) is 3.27. The lowest BCUT2D eigenvalue weighted by molar-refractivity contribution is 0.244. The molecule has 0 bridgehead atoms. The number of rotatable bonds is 7. The molecule has 1 unspecified atom stereocenters. The molecule has 0 radical (unpaired) electrons. The van der Waals surface area contributed by atoms with Crippen LogP contribution in [0.2, 0.25) is 0 Å². The van der Waals surface area contributed by atoms with Gasteiger partial charge >= 0.3 is 0 Å². The molecule has 0 fully saturated rings. The van der Waals surface area contributed by atoms with Crippen LogP contribution in [-0.2, 0) is 6.54 Å². The van der Waals surface area contributed by atoms with E-state index in [2.05, 4.69) is 38.2 Å². The van der Waals surface area contributed by atoms with Gasteiger partial charge in [-0.05, 0) is 36.5 Å². The van der Waals surface area contributed by atoms with Crippen molar-refractivity contribution in [2.75, 3.05) is 13.7 Å². The van der Waals surface area contributed by atoms with Gasteiger partial charge in [0.1, 0.15) is 5.75 Å². The van der Waals surface area contributed by atoms with Gasteiger partial charge < -0.3 is 15.2 Å². The molecule has 0 spiro atoms. The summed E-state index contributed by atoms with van der Waals surface area (Å²) in [5, 5.41) is 12.5. The minimum atomic E-state index is 0.234. The SMILES string of the molecule is COc1ccc(CNC(CCO)C(C)C)cc1C. The normalized spacial score (nSPS) is 12.8. The number of aliphatic hydroxyl groups is 1. The van der Waals surface area contributed by atoms with Gasteiger partial charge in [-0.15, -0.1) is 0 Å². The molecule has 0 amide bonds. The van der Waals surface area contributed by atoms with E-state index in [1.807, 2.05) is 6.07 Å². The molecule has 3 nitrogen and oxygen atoms in total. The molecule has 0 saturated carbocycles. The Labute approximate surface area is 110 Å². The van der Waals surface area contributed by atoms with Crippen molar-refractivity contribution in [1.82, 2.24) is 5.32 Å². The third-order valence-corrected chi connectivity index (χ3v) is 3.27. The molecule has 102 valence electrons. The molecule has 1 rings (SSSR count). The molecule has 0 heterocycles. The van der Waals surface area contributed by atoms with Crippen molar-refractivity contribution in [3.05, 3.63) is 29.3 Å². The summed E-state index contributed by atoms with van der Waals surface area (Å²) in [6.07, 6.45) is 0.798. The molecule has 18 heavy (non-hydrogen) atoms. The maximum Gasteiger partial charge on any atom is 0.121 e. The number of hydrogen-bond donors (Lipinski definition) is 2. The van der Waals surface area contributed by atoms with Crippen molar-refractivity contribution in [1.29, 1.82) is 0 Å². The first-order chi connectivity index (χ1) is 8.58. The maximum atomic E-state index is 9.04. The molecule has 1 aromatic carbocycles. The molecule has 2 N–H and O–H groups in total. The summed E-state index contributed by atoms with van der Waals surface area (Å²) >= 11 is 0. The highest BCUT2D eigenvalue weighted by Crippen LogP contribution is 2.18. The van der Waals surface area contributed by atoms with Gasteiger partial charge in [0.15, 0.2) is 0 Å². The number of hydrogen-bond acceptors (Lipinski definition) is 3. The van der Waals surface area contributed by atoms with Gasteiger partial charge in [0.2, 0.25) is 0 Å². The highest BCUT2D eigenvalue weighted by atomic mass is 16.5. The zero-order valence-electron chi connectivity index (χ0n) is 11.9. The predicted molar refractivity (Wildman–Crippen MR) is 74.9 cm³/mol. The predicted octanol–water partition coefficient (Wildman–Crippen LogP) is 2.50. The van der Waals surface area contributed by atoms with Gasteiger partial charge in [-0.2, -0.15) is 0 Å². The lowest BCUT2D eigenvalue weighted by atomic mass is 10.0. The summed E-state index contributed by atoms with van der Waals surface area (Å²) in [7, 11) is 1.69. The molecular weight excluding hydrogens is 226 g/mol. The van der Waals surface area contributed by atoms with Crippen molar-refractivity contribution in [3.63, 3.8) is 0 Å². The van der Waals surface area contributed by atoms with Gasteiger partial charge in [0.05, 0.1) is 7.11 Å². The first-order valence-corrected chi connectivity index (χ1v) is 6.56. The Morgan fingerprint density at radius 3 is 2.56 bits per heavy atom. The fourth-order valence-electron chi connectivity index (χ4n) is 2.11. The van der Waals surface area contributed by atoms with Crippen molar-refractivity contribution in [2.24, 2.45) is 5.92 Å². The maximum absolute atomic E-state index is 9.04. The molecule has 1 atom stereocenters. The molecule has 0 aliphatic rings. The number of ether oxygens (including phenoxy) is 1. The summed E-state index contributed by atoms with van der Waals surface area (Å²) in [4.78, 5) is 0. The number of methoxy groups -OCH3 is 1. The highest BCUT2D eigenvalue weighted by molar-refractivity contribution is 5.36. The van der Waals surface area contributed by atoms with Crippen molar-refractivity contribution >= 4 is 0 Å². The van der Waals surface area contributed by atoms with Crippen LogP contribution < -0.4 is 10.1 Å². The van der Waals surface area contributed by atoms with E-state index < -0.39 is 0 Å². The van der Waals surface area contributed by atoms with E-state index in [-0.39, 0.29) is 6.61 Å². The zero-order valence-corrected chi connectivity index (χ0v) is 11.9. The number of nitrogens with one attached hydrogen (secondary N) is 1. The number of benzene rings is 1. The largest absolute Gasteiger partial charge is 0.496 e. The summed E-state index contributed by atoms with van der Waals surface area (Å²) in [6.45, 7) is 7.46. The molecule has 3 heteroatoms. The Bertz CT molecular complexity index is 364. The lowest BCUT2D eigenvalue weighted by Crippen LogP contribution is -2.34. The summed E-state index contributed by atoms with van der Waals surface area (Å²) in [5.74, 6) is 1.45. The van der Waals surface area contributed by atoms with Gasteiger partial charge in [-0.25, -0.2) is 0 Å². The molecular formula is C15H25NO2. The standard InChI is InChI=1S/C15H25NO2/c1-11(2)14(7-8-17)16-10-13-5-6-15(18-4)12(3)9-13/h5-6,9,11,14,16-17H,7-8,10H2,1-4H3. The Kier molecular flexibility index (Phi) is 6.16. The summed E-state index contributed by atoms with van der Waals surface area (Å²) in [6, 6.07) is 6.58. The molecule has 1 aromatic rings. The van der Waals surface area contributed by atoms with Crippen LogP contribution in [0.25, 0.3) is 0 Å². The quantitative estimate of drug-likeness (QED) is 0.782. The van der Waals surface area contributed by atoms with E-state index in [1.165, 1.54) is 5.56 Å². The second kappa shape index (κ2) is 7.39. The fraction of sp³-hybridized carbons (Fsp3) is 0.600. The first-order valence-electron chi connectivity index (χ1n) is 6.56. The van der Waals surface area contributed by atoms with Crippen LogP contribution in [0.5, 0.6) is 5.75 Å². The third kappa shape index (κ3) is 4.31. The van der Waals surface area contributed by atoms with Crippen molar-refractivity contribution in [3.8, 4) is 5.75 Å². The van der Waals surface area contributed by atoms with E-state index in [4.69, 9.17) is 9.84 Å². The average Bonchev–Trinajstić information content (AvgIpc) is 2.34. The Morgan fingerprint density at radius 2 is 2.06 bits per heavy atom. The minimum Gasteiger partial charge on any atom is -0.496 e. The minimum absolute atomic E-state index is 0.234. The van der Waals surface area contributed by atoms with Crippen LogP contribution in [0.3, 0.4) is 0 Å². The Hall–Kier alpha value is -1.06. The van der Waals surface area contributed by atoms with Crippen LogP contribution in [-0.4, -0.2) is 24.9 Å². The van der Waals surface area contributed by atoms with Gasteiger partial charge in [0, 0.05) is 19.2 Å². The number of aryl methyl sites for hydroxylation is 1. The molecule has 0 saturated heterocycles. The average molecular weight is 251 g/mol. The van der Waals surface area contributed by atoms with E-state index in [0.717, 1.165) is 24.3 Å². The highest BCUT2D eigenvalue weighted by Gasteiger charge is 2.12. The zero-order chi connectivity index (χ0) is 13.5. The van der Waals surface area contributed by atoms with E-state index in [0.29, 0.717) is 12.0 Å². The summed E-state index contributed by atoms with van der Waals surface area (Å²) < 4.78 is 5.25. The van der Waals surface area contributed by atoms with E-state index in [9.17, 15) is 0 Å². The van der Waals surface area contributed by atoms with Crippen LogP contribution in [0.4, 0.5) is 0 Å². The van der Waals surface area contributed by atoms with Crippen molar-refractivity contribution < 1.29 is 9.84 Å². The Morgan fingerprint density at radius 1 is 1.33 bits per heavy atom. The Balaban J connectivity index is 2.59. The summed E-state index contributed by atoms with van der Waals surface area (Å²) in [5.41, 5.74) is 2.40. The molecule has 0 aliphatic carbocycles. The monoisotopic (exact) mass is 251 g/mol. The van der Waals surface area contributed by atoms with Gasteiger partial charge in [0.25, 0.3) is 0 Å². The lowest BCUT2D eigenvalue weighted by Gasteiger charge is -2.21. The van der Waals surface area contributed by atoms with E-state index >= 15 is 0 Å². The molecule has 0 aliphatic heterocycles. The smallest absolute Gasteiger partial charge is 0.121 e. The fourth-order valence-corrected chi connectivity index (χ4v) is 2.11. The molecule has 0 aromatic heterocycles. The van der Waals surface area contributed by atoms with Crippen LogP contribution in [0.15, 0.2) is 18.2 Å². The van der Waals surface area contributed by atoms with Crippen LogP contribution >= 0.6 is 0 Å². The van der Waals surface area contributed by atoms with Crippen molar-refractivity contribution in [2.45, 2.75) is 39.8 Å². The van der Waals surface area contributed by atoms with E-state index in [1.54, 1.807) is 7.11 Å². The van der Waals surface area contributed by atoms with Gasteiger partial charge in [-0.3, -0.25) is 0 Å². The van der Waals surface area contributed by atoms with Gasteiger partial charge in [-0.1, -0.05) is 26.0 Å². The first kappa shape index (κ1) is 15.0. The second-order valence-electron chi connectivity index (χ2n) is 5.05. The van der Waals surface area contributed by atoms with Crippen LogP contribution in [0, 0.1) is 12.8 Å².